The zero-order chi connectivity index (χ0) is 34.5. The number of ether oxygens (including phenoxy) is 3. The van der Waals surface area contributed by atoms with Gasteiger partial charge < -0.3 is 14.2 Å². The minimum Gasteiger partial charge on any atom is -0.488 e. The van der Waals surface area contributed by atoms with Crippen molar-refractivity contribution < 1.29 is 23.8 Å². The second-order valence-electron chi connectivity index (χ2n) is 10.9. The van der Waals surface area contributed by atoms with E-state index in [1.165, 1.54) is 11.3 Å². The van der Waals surface area contributed by atoms with Gasteiger partial charge >= 0.3 is 11.9 Å². The van der Waals surface area contributed by atoms with Crippen molar-refractivity contribution in [3.8, 4) is 5.75 Å². The van der Waals surface area contributed by atoms with Gasteiger partial charge in [-0.3, -0.25) is 9.36 Å². The van der Waals surface area contributed by atoms with Gasteiger partial charge in [0.05, 0.1) is 45.1 Å². The summed E-state index contributed by atoms with van der Waals surface area (Å²) in [6.45, 7) is 4.28. The second kappa shape index (κ2) is 15.2. The summed E-state index contributed by atoms with van der Waals surface area (Å²) in [5.41, 5.74) is 3.99. The van der Waals surface area contributed by atoms with Crippen LogP contribution in [0, 0.1) is 0 Å². The number of esters is 2. The number of halogens is 2. The lowest BCUT2D eigenvalue weighted by molar-refractivity contribution is -0.138. The molecule has 4 aromatic carbocycles. The summed E-state index contributed by atoms with van der Waals surface area (Å²) in [6.07, 6.45) is 1.79. The van der Waals surface area contributed by atoms with Crippen LogP contribution in [0.5, 0.6) is 5.75 Å². The van der Waals surface area contributed by atoms with Crippen LogP contribution in [0.1, 0.15) is 52.5 Å². The van der Waals surface area contributed by atoms with Gasteiger partial charge in [-0.1, -0.05) is 83.6 Å². The summed E-state index contributed by atoms with van der Waals surface area (Å²) in [4.78, 5) is 45.1. The lowest BCUT2D eigenvalue weighted by atomic mass is 9.93. The van der Waals surface area contributed by atoms with Crippen LogP contribution >= 0.6 is 38.9 Å². The molecule has 248 valence electrons. The number of thiazole rings is 1. The zero-order valence-electron chi connectivity index (χ0n) is 26.5. The predicted molar refractivity (Wildman–Crippen MR) is 193 cm³/mol. The van der Waals surface area contributed by atoms with Crippen molar-refractivity contribution in [1.82, 2.24) is 4.57 Å². The van der Waals surface area contributed by atoms with Crippen LogP contribution in [0.25, 0.3) is 11.8 Å². The fraction of sp³-hybridized carbons (Fsp3) is 0.158. The third-order valence-electron chi connectivity index (χ3n) is 7.67. The predicted octanol–water partition coefficient (Wildman–Crippen LogP) is 7.11. The lowest BCUT2D eigenvalue weighted by Gasteiger charge is -2.25. The number of aromatic nitrogens is 1. The SMILES string of the molecule is CCOC(=O)C1=C(c2ccccc2)N=c2s/c(=C\c3ccc(OCc4ccc(C(=O)OCC)cc4)c(Br)c3)c(=O)n2[C@H]1c1ccc(Cl)cc1. The van der Waals surface area contributed by atoms with Crippen LogP contribution in [-0.2, 0) is 20.9 Å². The maximum atomic E-state index is 14.2. The first kappa shape index (κ1) is 34.1. The van der Waals surface area contributed by atoms with E-state index < -0.39 is 12.0 Å². The van der Waals surface area contributed by atoms with E-state index in [9.17, 15) is 14.4 Å². The maximum absolute atomic E-state index is 14.2. The van der Waals surface area contributed by atoms with E-state index in [4.69, 9.17) is 30.8 Å². The summed E-state index contributed by atoms with van der Waals surface area (Å²) >= 11 is 11.1. The summed E-state index contributed by atoms with van der Waals surface area (Å²) in [7, 11) is 0. The Morgan fingerprint density at radius 3 is 2.29 bits per heavy atom. The molecule has 0 fully saturated rings. The van der Waals surface area contributed by atoms with E-state index in [0.717, 1.165) is 16.7 Å². The second-order valence-corrected chi connectivity index (χ2v) is 13.2. The molecule has 0 saturated carbocycles. The molecule has 0 amide bonds. The topological polar surface area (TPSA) is 96.2 Å². The molecule has 0 radical (unpaired) electrons. The summed E-state index contributed by atoms with van der Waals surface area (Å²) in [6, 6.07) is 28.3. The van der Waals surface area contributed by atoms with Crippen molar-refractivity contribution in [3.05, 3.63) is 160 Å². The normalized spacial score (nSPS) is 14.2. The molecule has 1 aromatic heterocycles. The summed E-state index contributed by atoms with van der Waals surface area (Å²) in [5, 5.41) is 0.533. The molecular weight excluding hydrogens is 728 g/mol. The van der Waals surface area contributed by atoms with E-state index in [1.54, 1.807) is 48.8 Å². The highest BCUT2D eigenvalue weighted by atomic mass is 79.9. The van der Waals surface area contributed by atoms with Crippen LogP contribution in [0.3, 0.4) is 0 Å². The minimum atomic E-state index is -0.793. The van der Waals surface area contributed by atoms with Crippen LogP contribution in [-0.4, -0.2) is 29.7 Å². The van der Waals surface area contributed by atoms with Crippen LogP contribution in [0.2, 0.25) is 5.02 Å². The van der Waals surface area contributed by atoms with Crippen LogP contribution < -0.4 is 19.6 Å². The number of hydrogen-bond donors (Lipinski definition) is 0. The van der Waals surface area contributed by atoms with Gasteiger partial charge in [0.15, 0.2) is 4.80 Å². The average Bonchev–Trinajstić information content (AvgIpc) is 3.42. The zero-order valence-corrected chi connectivity index (χ0v) is 29.7. The van der Waals surface area contributed by atoms with Gasteiger partial charge in [-0.2, -0.15) is 0 Å². The molecule has 0 N–H and O–H groups in total. The van der Waals surface area contributed by atoms with Crippen LogP contribution in [0.4, 0.5) is 0 Å². The molecule has 0 saturated heterocycles. The number of hydrogen-bond acceptors (Lipinski definition) is 8. The molecule has 1 aliphatic rings. The average molecular weight is 758 g/mol. The highest BCUT2D eigenvalue weighted by Gasteiger charge is 2.35. The Hall–Kier alpha value is -4.77. The third kappa shape index (κ3) is 7.46. The van der Waals surface area contributed by atoms with Gasteiger partial charge in [-0.05, 0) is 88.9 Å². The Morgan fingerprint density at radius 1 is 0.918 bits per heavy atom. The van der Waals surface area contributed by atoms with Crippen molar-refractivity contribution in [2.75, 3.05) is 13.2 Å². The Bertz CT molecular complexity index is 2230. The van der Waals surface area contributed by atoms with E-state index in [-0.39, 0.29) is 30.3 Å². The Kier molecular flexibility index (Phi) is 10.6. The number of carbonyl (C=O) groups excluding carboxylic acids is 2. The minimum absolute atomic E-state index is 0.165. The standard InChI is InChI=1S/C38H30BrClN2O6S/c1-3-46-36(44)27-13-10-23(11-14-27)22-48-30-19-12-24(20-29(30)39)21-31-35(43)42-34(26-15-17-28(40)18-16-26)32(37(45)47-4-2)33(41-38(42)49-31)25-8-6-5-7-9-25/h5-21,34H,3-4,22H2,1-2H3/b31-21-/t34-/m0/s1. The number of carbonyl (C=O) groups is 2. The summed E-state index contributed by atoms with van der Waals surface area (Å²) < 4.78 is 19.3. The third-order valence-corrected chi connectivity index (χ3v) is 9.53. The number of rotatable bonds is 10. The number of benzene rings is 4. The van der Waals surface area contributed by atoms with Crippen molar-refractivity contribution in [3.63, 3.8) is 0 Å². The molecule has 0 aliphatic carbocycles. The van der Waals surface area contributed by atoms with Gasteiger partial charge in [-0.25, -0.2) is 14.6 Å². The van der Waals surface area contributed by atoms with Gasteiger partial charge in [0, 0.05) is 10.6 Å². The van der Waals surface area contributed by atoms with Gasteiger partial charge in [0.25, 0.3) is 5.56 Å². The molecular formula is C38H30BrClN2O6S. The van der Waals surface area contributed by atoms with Crippen molar-refractivity contribution in [2.45, 2.75) is 26.5 Å². The van der Waals surface area contributed by atoms with Gasteiger partial charge in [-0.15, -0.1) is 0 Å². The molecule has 0 spiro atoms. The Balaban J connectivity index is 1.36. The first-order valence-electron chi connectivity index (χ1n) is 15.5. The highest BCUT2D eigenvalue weighted by molar-refractivity contribution is 9.10. The summed E-state index contributed by atoms with van der Waals surface area (Å²) in [5.74, 6) is -0.298. The monoisotopic (exact) mass is 756 g/mol. The molecule has 5 aromatic rings. The maximum Gasteiger partial charge on any atom is 0.338 e. The molecule has 2 heterocycles. The fourth-order valence-corrected chi connectivity index (χ4v) is 7.03. The van der Waals surface area contributed by atoms with E-state index >= 15 is 0 Å². The van der Waals surface area contributed by atoms with E-state index in [1.807, 2.05) is 72.8 Å². The smallest absolute Gasteiger partial charge is 0.338 e. The first-order chi connectivity index (χ1) is 23.8. The van der Waals surface area contributed by atoms with E-state index in [0.29, 0.717) is 48.0 Å². The molecule has 1 atom stereocenters. The molecule has 11 heteroatoms. The Morgan fingerprint density at radius 2 is 1.61 bits per heavy atom. The molecule has 8 nitrogen and oxygen atoms in total. The molecule has 6 rings (SSSR count). The quantitative estimate of drug-likeness (QED) is 0.141. The van der Waals surface area contributed by atoms with Crippen molar-refractivity contribution in [2.24, 2.45) is 4.99 Å². The van der Waals surface area contributed by atoms with Crippen LogP contribution in [0.15, 0.2) is 117 Å². The Labute approximate surface area is 299 Å². The largest absolute Gasteiger partial charge is 0.488 e. The van der Waals surface area contributed by atoms with Crippen molar-refractivity contribution in [1.29, 1.82) is 0 Å². The van der Waals surface area contributed by atoms with Gasteiger partial charge in [0.2, 0.25) is 0 Å². The fourth-order valence-electron chi connectivity index (χ4n) is 5.39. The number of fused-ring (bicyclic) bond motifs is 1. The first-order valence-corrected chi connectivity index (χ1v) is 17.5. The molecule has 0 bridgehead atoms. The van der Waals surface area contributed by atoms with Crippen molar-refractivity contribution >= 4 is 62.6 Å². The molecule has 1 aliphatic heterocycles. The lowest BCUT2D eigenvalue weighted by Crippen LogP contribution is -2.40. The molecule has 0 unspecified atom stereocenters. The van der Waals surface area contributed by atoms with E-state index in [2.05, 4.69) is 15.9 Å². The highest BCUT2D eigenvalue weighted by Crippen LogP contribution is 2.35. The number of nitrogens with zero attached hydrogens (tertiary/aromatic N) is 2. The molecule has 49 heavy (non-hydrogen) atoms. The van der Waals surface area contributed by atoms with Gasteiger partial charge in [0.1, 0.15) is 12.4 Å².